The van der Waals surface area contributed by atoms with Gasteiger partial charge >= 0.3 is 5.97 Å². The van der Waals surface area contributed by atoms with Gasteiger partial charge in [-0.05, 0) is 12.1 Å². The Balaban J connectivity index is 2.18. The number of hydrogen-bond donors (Lipinski definition) is 1. The Morgan fingerprint density at radius 1 is 1.39 bits per heavy atom. The van der Waals surface area contributed by atoms with Crippen molar-refractivity contribution in [2.24, 2.45) is 13.0 Å². The molecule has 1 heterocycles. The average Bonchev–Trinajstić information content (AvgIpc) is 2.92. The number of carbonyl (C=O) groups excluding carboxylic acids is 1. The zero-order chi connectivity index (χ0) is 17.0. The summed E-state index contributed by atoms with van der Waals surface area (Å²) in [6.45, 7) is 1.68. The Morgan fingerprint density at radius 2 is 2.09 bits per heavy atom. The molecule has 23 heavy (non-hydrogen) atoms. The average molecular weight is 317 g/mol. The van der Waals surface area contributed by atoms with Crippen molar-refractivity contribution in [2.45, 2.75) is 6.92 Å². The van der Waals surface area contributed by atoms with Crippen molar-refractivity contribution in [3.63, 3.8) is 0 Å². The number of nitrogens with zero attached hydrogens (tertiary/aromatic N) is 3. The second-order valence-electron chi connectivity index (χ2n) is 5.37. The summed E-state index contributed by atoms with van der Waals surface area (Å²) in [6.07, 6.45) is 3.24. The number of benzene rings is 1. The number of para-hydroxylation sites is 1. The van der Waals surface area contributed by atoms with E-state index in [1.54, 1.807) is 62.4 Å². The van der Waals surface area contributed by atoms with Crippen LogP contribution < -0.4 is 4.74 Å². The molecule has 0 spiro atoms. The number of hydrogen-bond acceptors (Lipinski definition) is 4. The highest BCUT2D eigenvalue weighted by molar-refractivity contribution is 5.97. The Labute approximate surface area is 134 Å². The third kappa shape index (κ3) is 4.09. The summed E-state index contributed by atoms with van der Waals surface area (Å²) in [5.41, 5.74) is 0.372. The predicted molar refractivity (Wildman–Crippen MR) is 83.5 cm³/mol. The molecule has 0 aliphatic heterocycles. The van der Waals surface area contributed by atoms with Crippen LogP contribution in [0.25, 0.3) is 0 Å². The number of aryl methyl sites for hydroxylation is 1. The molecule has 122 valence electrons. The normalized spacial score (nSPS) is 11.8. The lowest BCUT2D eigenvalue weighted by Crippen LogP contribution is -2.33. The molecule has 7 nitrogen and oxygen atoms in total. The zero-order valence-electron chi connectivity index (χ0n) is 13.3. The standard InChI is InChI=1S/C16H19N3O4/c1-11(16(21)22)9-18(2)15(20)13-6-4-5-7-14(13)23-12-8-17-19(3)10-12/h4-8,10-11H,9H2,1-3H3,(H,21,22). The molecule has 1 amide bonds. The maximum Gasteiger partial charge on any atom is 0.308 e. The minimum atomic E-state index is -0.940. The molecule has 0 saturated carbocycles. The van der Waals surface area contributed by atoms with Crippen molar-refractivity contribution in [2.75, 3.05) is 13.6 Å². The van der Waals surface area contributed by atoms with Gasteiger partial charge in [0.1, 0.15) is 5.75 Å². The number of aromatic nitrogens is 2. The van der Waals surface area contributed by atoms with E-state index in [0.29, 0.717) is 17.1 Å². The van der Waals surface area contributed by atoms with Crippen molar-refractivity contribution in [1.29, 1.82) is 0 Å². The zero-order valence-corrected chi connectivity index (χ0v) is 13.3. The third-order valence-corrected chi connectivity index (χ3v) is 3.34. The van der Waals surface area contributed by atoms with Crippen LogP contribution in [-0.4, -0.2) is 45.3 Å². The molecule has 0 aliphatic carbocycles. The van der Waals surface area contributed by atoms with Crippen molar-refractivity contribution in [1.82, 2.24) is 14.7 Å². The number of rotatable bonds is 6. The monoisotopic (exact) mass is 317 g/mol. The summed E-state index contributed by atoms with van der Waals surface area (Å²) in [5, 5.41) is 13.0. The van der Waals surface area contributed by atoms with Gasteiger partial charge in [-0.25, -0.2) is 0 Å². The van der Waals surface area contributed by atoms with E-state index < -0.39 is 11.9 Å². The van der Waals surface area contributed by atoms with Gasteiger partial charge in [-0.1, -0.05) is 19.1 Å². The Morgan fingerprint density at radius 3 is 2.70 bits per heavy atom. The quantitative estimate of drug-likeness (QED) is 0.881. The molecule has 2 rings (SSSR count). The van der Waals surface area contributed by atoms with Gasteiger partial charge in [0.25, 0.3) is 5.91 Å². The number of carboxylic acid groups (broad SMARTS) is 1. The van der Waals surface area contributed by atoms with Gasteiger partial charge in [0.05, 0.1) is 23.9 Å². The number of carboxylic acids is 1. The van der Waals surface area contributed by atoms with E-state index in [-0.39, 0.29) is 12.5 Å². The highest BCUT2D eigenvalue weighted by atomic mass is 16.5. The van der Waals surface area contributed by atoms with Gasteiger partial charge in [0, 0.05) is 20.6 Å². The molecule has 0 radical (unpaired) electrons. The summed E-state index contributed by atoms with van der Waals surface area (Å²) < 4.78 is 7.30. The Kier molecular flexibility index (Phi) is 5.00. The SMILES string of the molecule is CC(CN(C)C(=O)c1ccccc1Oc1cnn(C)c1)C(=O)O. The van der Waals surface area contributed by atoms with Crippen molar-refractivity contribution in [3.8, 4) is 11.5 Å². The van der Waals surface area contributed by atoms with Crippen LogP contribution in [0.5, 0.6) is 11.5 Å². The van der Waals surface area contributed by atoms with Crippen LogP contribution in [0, 0.1) is 5.92 Å². The maximum absolute atomic E-state index is 12.6. The first-order chi connectivity index (χ1) is 10.9. The number of ether oxygens (including phenoxy) is 1. The Bertz CT molecular complexity index is 711. The van der Waals surface area contributed by atoms with Crippen LogP contribution in [0.2, 0.25) is 0 Å². The minimum absolute atomic E-state index is 0.120. The molecule has 1 unspecified atom stereocenters. The fourth-order valence-electron chi connectivity index (χ4n) is 2.09. The second-order valence-corrected chi connectivity index (χ2v) is 5.37. The van der Waals surface area contributed by atoms with E-state index in [2.05, 4.69) is 5.10 Å². The maximum atomic E-state index is 12.6. The second kappa shape index (κ2) is 6.95. The molecule has 7 heteroatoms. The van der Waals surface area contributed by atoms with Crippen LogP contribution in [0.3, 0.4) is 0 Å². The van der Waals surface area contributed by atoms with Crippen molar-refractivity contribution >= 4 is 11.9 Å². The highest BCUT2D eigenvalue weighted by Crippen LogP contribution is 2.25. The predicted octanol–water partition coefficient (Wildman–Crippen LogP) is 2.01. The molecule has 1 aromatic carbocycles. The van der Waals surface area contributed by atoms with Gasteiger partial charge in [-0.3, -0.25) is 14.3 Å². The largest absolute Gasteiger partial charge is 0.481 e. The van der Waals surface area contributed by atoms with E-state index in [0.717, 1.165) is 0 Å². The van der Waals surface area contributed by atoms with E-state index in [1.807, 2.05) is 0 Å². The van der Waals surface area contributed by atoms with Crippen LogP contribution >= 0.6 is 0 Å². The molecule has 0 bridgehead atoms. The highest BCUT2D eigenvalue weighted by Gasteiger charge is 2.21. The van der Waals surface area contributed by atoms with Gasteiger partial charge < -0.3 is 14.7 Å². The summed E-state index contributed by atoms with van der Waals surface area (Å²) in [6, 6.07) is 6.84. The summed E-state index contributed by atoms with van der Waals surface area (Å²) in [5.74, 6) is -0.952. The molecule has 2 aromatic rings. The molecule has 1 aromatic heterocycles. The lowest BCUT2D eigenvalue weighted by molar-refractivity contribution is -0.141. The lowest BCUT2D eigenvalue weighted by Gasteiger charge is -2.20. The fraction of sp³-hybridized carbons (Fsp3) is 0.312. The molecule has 1 N–H and O–H groups in total. The van der Waals surface area contributed by atoms with Gasteiger partial charge in [-0.15, -0.1) is 0 Å². The van der Waals surface area contributed by atoms with Crippen LogP contribution in [-0.2, 0) is 11.8 Å². The van der Waals surface area contributed by atoms with E-state index in [1.165, 1.54) is 4.90 Å². The van der Waals surface area contributed by atoms with Gasteiger partial charge in [0.15, 0.2) is 5.75 Å². The summed E-state index contributed by atoms with van der Waals surface area (Å²) in [7, 11) is 3.34. The topological polar surface area (TPSA) is 84.7 Å². The first kappa shape index (κ1) is 16.5. The summed E-state index contributed by atoms with van der Waals surface area (Å²) >= 11 is 0. The van der Waals surface area contributed by atoms with Crippen LogP contribution in [0.15, 0.2) is 36.7 Å². The smallest absolute Gasteiger partial charge is 0.308 e. The van der Waals surface area contributed by atoms with E-state index in [4.69, 9.17) is 9.84 Å². The van der Waals surface area contributed by atoms with Crippen molar-refractivity contribution in [3.05, 3.63) is 42.2 Å². The van der Waals surface area contributed by atoms with Gasteiger partial charge in [0.2, 0.25) is 0 Å². The molecule has 0 saturated heterocycles. The molecule has 1 atom stereocenters. The first-order valence-corrected chi connectivity index (χ1v) is 7.12. The number of amides is 1. The molecule has 0 aliphatic rings. The number of carbonyl (C=O) groups is 2. The van der Waals surface area contributed by atoms with Crippen molar-refractivity contribution < 1.29 is 19.4 Å². The first-order valence-electron chi connectivity index (χ1n) is 7.12. The third-order valence-electron chi connectivity index (χ3n) is 3.34. The fourth-order valence-corrected chi connectivity index (χ4v) is 2.09. The number of aliphatic carboxylic acids is 1. The van der Waals surface area contributed by atoms with E-state index >= 15 is 0 Å². The van der Waals surface area contributed by atoms with Crippen LogP contribution in [0.1, 0.15) is 17.3 Å². The Hall–Kier alpha value is -2.83. The lowest BCUT2D eigenvalue weighted by atomic mass is 10.1. The molecular formula is C16H19N3O4. The van der Waals surface area contributed by atoms with Crippen LogP contribution in [0.4, 0.5) is 0 Å². The molecular weight excluding hydrogens is 298 g/mol. The molecule has 0 fully saturated rings. The van der Waals surface area contributed by atoms with Gasteiger partial charge in [-0.2, -0.15) is 5.10 Å². The van der Waals surface area contributed by atoms with E-state index in [9.17, 15) is 9.59 Å². The summed E-state index contributed by atoms with van der Waals surface area (Å²) in [4.78, 5) is 24.9. The minimum Gasteiger partial charge on any atom is -0.481 e.